The first-order valence-electron chi connectivity index (χ1n) is 7.49. The average molecular weight is 308 g/mol. The van der Waals surface area contributed by atoms with Gasteiger partial charge >= 0.3 is 0 Å². The molecule has 21 heavy (non-hydrogen) atoms. The maximum absolute atomic E-state index is 12.1. The highest BCUT2D eigenvalue weighted by atomic mass is 32.1. The second-order valence-electron chi connectivity index (χ2n) is 8.93. The zero-order chi connectivity index (χ0) is 16.8. The summed E-state index contributed by atoms with van der Waals surface area (Å²) in [5, 5.41) is 0. The summed E-state index contributed by atoms with van der Waals surface area (Å²) in [5.41, 5.74) is 3.75. The quantitative estimate of drug-likeness (QED) is 0.508. The number of nitrogens with zero attached hydrogens (tertiary/aromatic N) is 1. The molecule has 0 aliphatic rings. The number of rotatable bonds is 1. The second kappa shape index (κ2) is 5.35. The molecule has 2 nitrogen and oxygen atoms in total. The van der Waals surface area contributed by atoms with Crippen LogP contribution in [0.4, 0.5) is 5.69 Å². The largest absolute Gasteiger partial charge is 0.364 e. The normalized spacial score (nSPS) is 13.4. The minimum Gasteiger partial charge on any atom is -0.364 e. The summed E-state index contributed by atoms with van der Waals surface area (Å²) in [7, 11) is 0. The van der Waals surface area contributed by atoms with Crippen LogP contribution in [0.15, 0.2) is 12.1 Å². The van der Waals surface area contributed by atoms with Crippen molar-refractivity contribution in [2.45, 2.75) is 78.6 Å². The summed E-state index contributed by atoms with van der Waals surface area (Å²) >= 11 is 4.97. The van der Waals surface area contributed by atoms with Gasteiger partial charge in [-0.05, 0) is 33.9 Å². The first-order chi connectivity index (χ1) is 9.15. The average Bonchev–Trinajstić information content (AvgIpc) is 2.23. The van der Waals surface area contributed by atoms with E-state index in [0.29, 0.717) is 9.85 Å². The highest BCUT2D eigenvalue weighted by Crippen LogP contribution is 2.42. The Balaban J connectivity index is 3.89. The molecule has 1 rings (SSSR count). The zero-order valence-electron chi connectivity index (χ0n) is 14.9. The van der Waals surface area contributed by atoms with E-state index in [1.54, 1.807) is 0 Å². The third-order valence-electron chi connectivity index (χ3n) is 3.77. The van der Waals surface area contributed by atoms with E-state index in [1.165, 1.54) is 5.56 Å². The molecule has 0 fully saturated rings. The summed E-state index contributed by atoms with van der Waals surface area (Å²) in [6.07, 6.45) is 0. The second-order valence-corrected chi connectivity index (χ2v) is 9.26. The Morgan fingerprint density at radius 2 is 1.10 bits per heavy atom. The molecule has 0 spiro atoms. The van der Waals surface area contributed by atoms with E-state index in [-0.39, 0.29) is 16.2 Å². The fraction of sp³-hybridized carbons (Fsp3) is 0.667. The maximum Gasteiger partial charge on any atom is 0.245 e. The molecule has 0 saturated heterocycles. The van der Waals surface area contributed by atoms with Crippen LogP contribution in [-0.2, 0) is 29.1 Å². The van der Waals surface area contributed by atoms with Gasteiger partial charge in [-0.25, -0.2) is 0 Å². The van der Waals surface area contributed by atoms with Crippen LogP contribution in [0.1, 0.15) is 79.0 Å². The van der Waals surface area contributed by atoms with Gasteiger partial charge in [0.25, 0.3) is 0 Å². The molecule has 118 valence electrons. The number of benzene rings is 1. The number of hydrogen-bond donors (Lipinski definition) is 0. The Bertz CT molecular complexity index is 519. The Kier molecular flexibility index (Phi) is 4.61. The van der Waals surface area contributed by atoms with E-state index in [9.17, 15) is 4.91 Å². The van der Waals surface area contributed by atoms with E-state index >= 15 is 0 Å². The van der Waals surface area contributed by atoms with E-state index < -0.39 is 0 Å². The van der Waals surface area contributed by atoms with Crippen molar-refractivity contribution in [2.75, 3.05) is 0 Å². The lowest BCUT2D eigenvalue weighted by Gasteiger charge is -2.30. The van der Waals surface area contributed by atoms with Crippen molar-refractivity contribution in [3.8, 4) is 0 Å². The van der Waals surface area contributed by atoms with E-state index in [0.717, 1.165) is 11.1 Å². The fourth-order valence-electron chi connectivity index (χ4n) is 2.41. The van der Waals surface area contributed by atoms with Crippen molar-refractivity contribution in [2.24, 2.45) is 0 Å². The Hall–Kier alpha value is -0.960. The van der Waals surface area contributed by atoms with Crippen LogP contribution in [0.25, 0.3) is 0 Å². The van der Waals surface area contributed by atoms with Crippen molar-refractivity contribution >= 4 is 18.5 Å². The third kappa shape index (κ3) is 4.03. The van der Waals surface area contributed by atoms with Crippen molar-refractivity contribution in [3.63, 3.8) is 0 Å². The van der Waals surface area contributed by atoms with Crippen molar-refractivity contribution in [1.82, 2.24) is 0 Å². The Morgan fingerprint density at radius 3 is 1.29 bits per heavy atom. The van der Waals surface area contributed by atoms with Crippen LogP contribution >= 0.6 is 0 Å². The molecule has 0 aliphatic carbocycles. The minimum atomic E-state index is -0.127. The molecule has 0 atom stereocenters. The van der Waals surface area contributed by atoms with Gasteiger partial charge in [0.1, 0.15) is 0 Å². The van der Waals surface area contributed by atoms with Crippen molar-refractivity contribution in [1.29, 1.82) is 0 Å². The molecule has 0 amide bonds. The zero-order valence-corrected chi connectivity index (χ0v) is 15.7. The first-order valence-corrected chi connectivity index (χ1v) is 7.86. The topological polar surface area (TPSA) is 20.1 Å². The van der Waals surface area contributed by atoms with E-state index in [2.05, 4.69) is 74.4 Å². The molecule has 0 aliphatic heterocycles. The highest BCUT2D eigenvalue weighted by molar-refractivity contribution is 7.51. The van der Waals surface area contributed by atoms with Crippen LogP contribution in [0.2, 0.25) is 0 Å². The summed E-state index contributed by atoms with van der Waals surface area (Å²) in [5.74, 6) is 0. The van der Waals surface area contributed by atoms with Crippen molar-refractivity contribution in [3.05, 3.63) is 33.7 Å². The predicted molar refractivity (Wildman–Crippen MR) is 93.2 cm³/mol. The molecule has 0 saturated carbocycles. The Labute approximate surface area is 135 Å². The van der Waals surface area contributed by atoms with Gasteiger partial charge in [0.2, 0.25) is 5.69 Å². The molecule has 1 aromatic rings. The molecule has 0 aromatic heterocycles. The van der Waals surface area contributed by atoms with Gasteiger partial charge in [0, 0.05) is 16.0 Å². The van der Waals surface area contributed by atoms with Gasteiger partial charge in [0.05, 0.1) is 0 Å². The van der Waals surface area contributed by atoms with Gasteiger partial charge in [-0.3, -0.25) is 0 Å². The van der Waals surface area contributed by atoms with Crippen LogP contribution in [0.5, 0.6) is 0 Å². The van der Waals surface area contributed by atoms with E-state index in [4.69, 9.17) is 12.8 Å². The van der Waals surface area contributed by atoms with Crippen LogP contribution in [-0.4, -0.2) is 4.17 Å². The molecular weight excluding hydrogens is 278 g/mol. The monoisotopic (exact) mass is 307 g/mol. The first kappa shape index (κ1) is 18.1. The van der Waals surface area contributed by atoms with Gasteiger partial charge in [-0.15, -0.1) is 0 Å². The summed E-state index contributed by atoms with van der Waals surface area (Å²) < 4.78 is 0.619. The molecule has 3 heteroatoms. The summed E-state index contributed by atoms with van der Waals surface area (Å²) in [4.78, 5) is 12.1. The number of hydrogen-bond acceptors (Lipinski definition) is 2. The lowest BCUT2D eigenvalue weighted by atomic mass is 9.74. The van der Waals surface area contributed by atoms with Gasteiger partial charge in [0.15, 0.2) is 0 Å². The lowest BCUT2D eigenvalue weighted by Crippen LogP contribution is -2.23. The molecular formula is C18H29NOS. The molecule has 0 unspecified atom stereocenters. The fourth-order valence-corrected chi connectivity index (χ4v) is 2.60. The smallest absolute Gasteiger partial charge is 0.245 e. The molecule has 0 bridgehead atoms. The molecule has 0 N–H and O–H groups in total. The Morgan fingerprint density at radius 1 is 0.762 bits per heavy atom. The van der Waals surface area contributed by atoms with Crippen LogP contribution in [0, 0.1) is 4.91 Å². The van der Waals surface area contributed by atoms with Gasteiger partial charge < -0.3 is 12.8 Å². The highest BCUT2D eigenvalue weighted by Gasteiger charge is 2.33. The van der Waals surface area contributed by atoms with E-state index in [1.807, 2.05) is 0 Å². The summed E-state index contributed by atoms with van der Waals surface area (Å²) in [6, 6.07) is 4.31. The SMILES string of the molecule is CC(C)(C)c1cc(C(C)(C)C)c([N+](=O)[S-])c(C(C)(C)C)c1. The molecule has 0 radical (unpaired) electrons. The minimum absolute atomic E-state index is 0.0354. The summed E-state index contributed by atoms with van der Waals surface area (Å²) in [6.45, 7) is 19.4. The van der Waals surface area contributed by atoms with Gasteiger partial charge in [-0.2, -0.15) is 0 Å². The van der Waals surface area contributed by atoms with Crippen molar-refractivity contribution < 1.29 is 4.17 Å². The molecule has 1 aromatic carbocycles. The van der Waals surface area contributed by atoms with Crippen LogP contribution < -0.4 is 0 Å². The van der Waals surface area contributed by atoms with Crippen LogP contribution in [0.3, 0.4) is 0 Å². The lowest BCUT2D eigenvalue weighted by molar-refractivity contribution is -0.265. The molecule has 0 heterocycles. The standard InChI is InChI=1S/C18H29NOS/c1-16(2,3)12-10-13(17(4,5)6)15(19(20)21)14(11-12)18(7,8)9/h10-11H,1-9H3. The third-order valence-corrected chi connectivity index (χ3v) is 3.96. The number of nitroso groups, excluding NO2 is 1. The maximum atomic E-state index is 12.1. The van der Waals surface area contributed by atoms with Gasteiger partial charge in [-0.1, -0.05) is 66.5 Å². The predicted octanol–water partition coefficient (Wildman–Crippen LogP) is 5.45.